The van der Waals surface area contributed by atoms with Crippen LogP contribution in [0.4, 0.5) is 0 Å². The van der Waals surface area contributed by atoms with E-state index in [-0.39, 0.29) is 0 Å². The molecule has 1 unspecified atom stereocenters. The van der Waals surface area contributed by atoms with Crippen molar-refractivity contribution in [3.05, 3.63) is 147 Å². The van der Waals surface area contributed by atoms with Crippen LogP contribution in [-0.2, 0) is 21.2 Å². The second-order valence-corrected chi connectivity index (χ2v) is 17.5. The number of hydrogen-bond donors (Lipinski definition) is 0. The van der Waals surface area contributed by atoms with Gasteiger partial charge in [0.1, 0.15) is 0 Å². The van der Waals surface area contributed by atoms with Crippen molar-refractivity contribution >= 4 is 9.84 Å². The first-order chi connectivity index (χ1) is 25.3. The maximum atomic E-state index is 13.9. The minimum Gasteiger partial charge on any atom is -0.373 e. The van der Waals surface area contributed by atoms with Crippen LogP contribution >= 0.6 is 0 Å². The molecular weight excluding hydrogens is 669 g/mol. The van der Waals surface area contributed by atoms with Crippen molar-refractivity contribution < 1.29 is 13.2 Å². The van der Waals surface area contributed by atoms with Crippen LogP contribution in [0.5, 0.6) is 0 Å². The Balaban J connectivity index is 1.94. The highest BCUT2D eigenvalue weighted by atomic mass is 32.2. The molecule has 0 radical (unpaired) electrons. The van der Waals surface area contributed by atoms with E-state index in [1.165, 1.54) is 33.4 Å². The molecule has 2 aromatic rings. The number of allylic oxidation sites excluding steroid dienone is 12. The van der Waals surface area contributed by atoms with E-state index in [0.29, 0.717) is 24.5 Å². The van der Waals surface area contributed by atoms with Crippen LogP contribution in [-0.4, -0.2) is 20.3 Å². The predicted molar refractivity (Wildman–Crippen MR) is 231 cm³/mol. The maximum absolute atomic E-state index is 13.9. The summed E-state index contributed by atoms with van der Waals surface area (Å²) in [6.45, 7) is 20.5. The van der Waals surface area contributed by atoms with Gasteiger partial charge >= 0.3 is 0 Å². The van der Waals surface area contributed by atoms with Crippen LogP contribution in [0.25, 0.3) is 0 Å². The summed E-state index contributed by atoms with van der Waals surface area (Å²) in [5.41, 5.74) is 11.5. The van der Waals surface area contributed by atoms with Gasteiger partial charge in [0.15, 0.2) is 9.84 Å². The van der Waals surface area contributed by atoms with Crippen molar-refractivity contribution in [1.29, 1.82) is 0 Å². The van der Waals surface area contributed by atoms with Crippen molar-refractivity contribution in [3.8, 4) is 0 Å². The van der Waals surface area contributed by atoms with Gasteiger partial charge in [-0.05, 0) is 151 Å². The molecule has 1 atom stereocenters. The Morgan fingerprint density at radius 2 is 1.02 bits per heavy atom. The first-order valence-corrected chi connectivity index (χ1v) is 21.3. The molecule has 4 heteroatoms. The largest absolute Gasteiger partial charge is 0.373 e. The summed E-state index contributed by atoms with van der Waals surface area (Å²) in [5.74, 6) is 0. The zero-order valence-electron chi connectivity index (χ0n) is 34.6. The van der Waals surface area contributed by atoms with E-state index in [9.17, 15) is 8.42 Å². The summed E-state index contributed by atoms with van der Waals surface area (Å²) in [6.07, 6.45) is 26.5. The first-order valence-electron chi connectivity index (χ1n) is 19.8. The fourth-order valence-corrected chi connectivity index (χ4v) is 7.86. The minimum atomic E-state index is -3.54. The second-order valence-electron chi connectivity index (χ2n) is 15.3. The molecule has 0 spiro atoms. The van der Waals surface area contributed by atoms with Crippen molar-refractivity contribution in [2.24, 2.45) is 0 Å². The number of hydrogen-bond acceptors (Lipinski definition) is 3. The van der Waals surface area contributed by atoms with Gasteiger partial charge in [0, 0.05) is 0 Å². The van der Waals surface area contributed by atoms with Gasteiger partial charge in [0.2, 0.25) is 0 Å². The zero-order chi connectivity index (χ0) is 39.1. The van der Waals surface area contributed by atoms with Crippen molar-refractivity contribution in [3.63, 3.8) is 0 Å². The van der Waals surface area contributed by atoms with E-state index in [1.807, 2.05) is 43.3 Å². The molecule has 0 bridgehead atoms. The van der Waals surface area contributed by atoms with E-state index in [4.69, 9.17) is 4.74 Å². The molecule has 3 nitrogen and oxygen atoms in total. The SMILES string of the molecule is CC(C)=CCC/C(C)=C/CC/C(C)=C/CC/C(C)=C\CC/C(C)=C\C(C/C(C)=C\CC/C(C)=C\COCc1ccccc1)S(=O)(=O)c1ccc(C)cc1. The molecule has 290 valence electrons. The predicted octanol–water partition coefficient (Wildman–Crippen LogP) is 14.3. The van der Waals surface area contributed by atoms with Crippen LogP contribution in [0, 0.1) is 6.92 Å². The first kappa shape index (κ1) is 45.7. The molecule has 0 aliphatic rings. The highest BCUT2D eigenvalue weighted by molar-refractivity contribution is 7.92. The molecule has 0 fully saturated rings. The van der Waals surface area contributed by atoms with Crippen LogP contribution in [0.3, 0.4) is 0 Å². The molecule has 0 aliphatic carbocycles. The van der Waals surface area contributed by atoms with E-state index in [2.05, 4.69) is 104 Å². The van der Waals surface area contributed by atoms with E-state index >= 15 is 0 Å². The van der Waals surface area contributed by atoms with Crippen LogP contribution < -0.4 is 0 Å². The molecule has 0 heterocycles. The summed E-state index contributed by atoms with van der Waals surface area (Å²) in [7, 11) is -3.54. The minimum absolute atomic E-state index is 0.393. The smallest absolute Gasteiger partial charge is 0.185 e. The van der Waals surface area contributed by atoms with Gasteiger partial charge in [-0.25, -0.2) is 8.42 Å². The summed E-state index contributed by atoms with van der Waals surface area (Å²) < 4.78 is 33.7. The number of sulfone groups is 1. The number of rotatable bonds is 24. The average Bonchev–Trinajstić information content (AvgIpc) is 3.10. The van der Waals surface area contributed by atoms with Gasteiger partial charge in [0.05, 0.1) is 23.4 Å². The molecule has 0 saturated carbocycles. The molecule has 53 heavy (non-hydrogen) atoms. The van der Waals surface area contributed by atoms with Gasteiger partial charge in [-0.3, -0.25) is 0 Å². The lowest BCUT2D eigenvalue weighted by Gasteiger charge is -2.17. The third-order valence-electron chi connectivity index (χ3n) is 9.62. The van der Waals surface area contributed by atoms with E-state index in [1.54, 1.807) is 12.1 Å². The van der Waals surface area contributed by atoms with Crippen LogP contribution in [0.2, 0.25) is 0 Å². The summed E-state index contributed by atoms with van der Waals surface area (Å²) in [4.78, 5) is 0.393. The standard InChI is InChI=1S/C49H70O3S/c1-39(2)18-13-19-40(3)20-14-21-41(4)22-15-23-42(5)24-16-26-45(8)36-49(53(50,51)48-32-30-44(7)31-33-48)37-46(9)27-17-25-43(6)34-35-52-38-47-28-11-10-12-29-47/h10-12,18,20,22,24,27-34,36,49H,13-17,19,21,23,25-26,35,37-38H2,1-9H3/b40-20+,41-22+,42-24-,43-34-,45-36-,46-27-. The lowest BCUT2D eigenvalue weighted by Crippen LogP contribution is -2.20. The summed E-state index contributed by atoms with van der Waals surface area (Å²) >= 11 is 0. The third kappa shape index (κ3) is 20.5. The molecule has 2 rings (SSSR count). The Morgan fingerprint density at radius 3 is 1.53 bits per heavy atom. The van der Waals surface area contributed by atoms with Gasteiger partial charge in [-0.2, -0.15) is 0 Å². The lowest BCUT2D eigenvalue weighted by molar-refractivity contribution is 0.148. The van der Waals surface area contributed by atoms with E-state index in [0.717, 1.165) is 80.9 Å². The molecule has 0 saturated heterocycles. The number of aryl methyl sites for hydroxylation is 1. The Hall–Kier alpha value is -3.47. The molecule has 0 aromatic heterocycles. The summed E-state index contributed by atoms with van der Waals surface area (Å²) in [6, 6.07) is 17.5. The zero-order valence-corrected chi connectivity index (χ0v) is 35.5. The summed E-state index contributed by atoms with van der Waals surface area (Å²) in [5, 5.41) is -0.598. The van der Waals surface area contributed by atoms with Gasteiger partial charge < -0.3 is 4.74 Å². The van der Waals surface area contributed by atoms with Gasteiger partial charge in [-0.1, -0.05) is 130 Å². The molecule has 0 amide bonds. The Kier molecular flexibility index (Phi) is 22.0. The fourth-order valence-electron chi connectivity index (χ4n) is 6.10. The average molecular weight is 739 g/mol. The van der Waals surface area contributed by atoms with Crippen molar-refractivity contribution in [2.45, 2.75) is 150 Å². The third-order valence-corrected chi connectivity index (χ3v) is 11.6. The highest BCUT2D eigenvalue weighted by Gasteiger charge is 2.26. The quantitative estimate of drug-likeness (QED) is 0.0795. The Morgan fingerprint density at radius 1 is 0.566 bits per heavy atom. The fraction of sp³-hybridized carbons (Fsp3) is 0.469. The highest BCUT2D eigenvalue weighted by Crippen LogP contribution is 2.26. The van der Waals surface area contributed by atoms with Crippen molar-refractivity contribution in [2.75, 3.05) is 6.61 Å². The Labute approximate surface area is 325 Å². The maximum Gasteiger partial charge on any atom is 0.185 e. The number of benzene rings is 2. The molecule has 2 aromatic carbocycles. The topological polar surface area (TPSA) is 43.4 Å². The normalized spacial score (nSPS) is 14.4. The Bertz CT molecular complexity index is 1690. The van der Waals surface area contributed by atoms with Gasteiger partial charge in [0.25, 0.3) is 0 Å². The lowest BCUT2D eigenvalue weighted by atomic mass is 10.0. The number of ether oxygens (including phenoxy) is 1. The van der Waals surface area contributed by atoms with E-state index < -0.39 is 15.1 Å². The molecular formula is C49H70O3S. The monoisotopic (exact) mass is 739 g/mol. The second kappa shape index (κ2) is 25.5. The molecule has 0 N–H and O–H groups in total. The van der Waals surface area contributed by atoms with Crippen LogP contribution in [0.1, 0.15) is 137 Å². The van der Waals surface area contributed by atoms with Gasteiger partial charge in [-0.15, -0.1) is 0 Å². The van der Waals surface area contributed by atoms with Crippen LogP contribution in [0.15, 0.2) is 141 Å². The van der Waals surface area contributed by atoms with Crippen molar-refractivity contribution in [1.82, 2.24) is 0 Å². The molecule has 0 aliphatic heterocycles.